The number of ketones is 1. The van der Waals surface area contributed by atoms with Crippen molar-refractivity contribution in [3.05, 3.63) is 71.4 Å². The minimum Gasteiger partial charge on any atom is -0.414 e. The molecule has 2 amide bonds. The second-order valence-electron chi connectivity index (χ2n) is 9.68. The summed E-state index contributed by atoms with van der Waals surface area (Å²) in [5.74, 6) is 5.54. The SMILES string of the molecule is CC(C)(C)OC(=O)[N+]1(C(=O)OCc2ccccc2)C=Cc2ccc(C(=O)[C@@H]3CCN(N)C3)cc21. The molecule has 2 N–H and O–H groups in total. The van der Waals surface area contributed by atoms with Crippen LogP contribution in [0.1, 0.15) is 48.7 Å². The summed E-state index contributed by atoms with van der Waals surface area (Å²) in [6.45, 7) is 6.31. The van der Waals surface area contributed by atoms with Crippen LogP contribution in [0.25, 0.3) is 6.08 Å². The zero-order valence-electron chi connectivity index (χ0n) is 19.7. The van der Waals surface area contributed by atoms with Crippen LogP contribution >= 0.6 is 0 Å². The van der Waals surface area contributed by atoms with E-state index in [2.05, 4.69) is 0 Å². The third kappa shape index (κ3) is 4.65. The molecule has 2 aromatic carbocycles. The molecule has 178 valence electrons. The lowest BCUT2D eigenvalue weighted by Crippen LogP contribution is -2.55. The molecule has 0 bridgehead atoms. The fourth-order valence-electron chi connectivity index (χ4n) is 4.20. The van der Waals surface area contributed by atoms with E-state index in [0.717, 1.165) is 5.56 Å². The van der Waals surface area contributed by atoms with Crippen molar-refractivity contribution in [2.24, 2.45) is 11.8 Å². The fraction of sp³-hybridized carbons (Fsp3) is 0.346. The number of hydrogen-bond acceptors (Lipinski definition) is 7. The van der Waals surface area contributed by atoms with Gasteiger partial charge in [-0.15, -0.1) is 0 Å². The topological polar surface area (TPSA) is 98.9 Å². The van der Waals surface area contributed by atoms with Gasteiger partial charge >= 0.3 is 12.2 Å². The van der Waals surface area contributed by atoms with Crippen molar-refractivity contribution in [1.82, 2.24) is 9.49 Å². The molecule has 2 atom stereocenters. The molecule has 0 saturated carbocycles. The van der Waals surface area contributed by atoms with Crippen LogP contribution < -0.4 is 10.3 Å². The van der Waals surface area contributed by atoms with E-state index >= 15 is 0 Å². The smallest absolute Gasteiger partial charge is 0.414 e. The van der Waals surface area contributed by atoms with Crippen molar-refractivity contribution in [3.63, 3.8) is 0 Å². The Balaban J connectivity index is 1.70. The second kappa shape index (κ2) is 9.13. The van der Waals surface area contributed by atoms with Crippen LogP contribution in [0.3, 0.4) is 0 Å². The summed E-state index contributed by atoms with van der Waals surface area (Å²) >= 11 is 0. The average Bonchev–Trinajstić information content (AvgIpc) is 3.40. The predicted molar refractivity (Wildman–Crippen MR) is 128 cm³/mol. The molecule has 0 aliphatic carbocycles. The van der Waals surface area contributed by atoms with Crippen molar-refractivity contribution in [2.75, 3.05) is 13.1 Å². The highest BCUT2D eigenvalue weighted by atomic mass is 16.6. The minimum absolute atomic E-state index is 0.00131. The molecule has 2 aliphatic rings. The first-order valence-electron chi connectivity index (χ1n) is 11.3. The number of nitrogens with two attached hydrogens (primary N) is 1. The molecule has 0 spiro atoms. The molecule has 0 aromatic heterocycles. The number of carbonyl (C=O) groups is 3. The Labute approximate surface area is 199 Å². The van der Waals surface area contributed by atoms with Gasteiger partial charge in [-0.2, -0.15) is 9.59 Å². The largest absolute Gasteiger partial charge is 0.537 e. The number of ether oxygens (including phenoxy) is 2. The van der Waals surface area contributed by atoms with Crippen molar-refractivity contribution in [1.29, 1.82) is 0 Å². The molecule has 8 nitrogen and oxygen atoms in total. The van der Waals surface area contributed by atoms with Gasteiger partial charge in [-0.1, -0.05) is 40.9 Å². The summed E-state index contributed by atoms with van der Waals surface area (Å²) in [4.78, 5) is 40.1. The van der Waals surface area contributed by atoms with Crippen molar-refractivity contribution in [3.8, 4) is 0 Å². The Kier molecular flexibility index (Phi) is 6.40. The summed E-state index contributed by atoms with van der Waals surface area (Å²) in [5, 5.41) is 1.62. The van der Waals surface area contributed by atoms with Crippen LogP contribution in [-0.4, -0.2) is 41.7 Å². The van der Waals surface area contributed by atoms with Crippen LogP contribution in [0.15, 0.2) is 54.7 Å². The molecule has 4 rings (SSSR count). The first kappa shape index (κ1) is 23.8. The maximum Gasteiger partial charge on any atom is 0.537 e. The van der Waals surface area contributed by atoms with Crippen LogP contribution in [0.2, 0.25) is 0 Å². The van der Waals surface area contributed by atoms with E-state index in [1.54, 1.807) is 50.1 Å². The van der Waals surface area contributed by atoms with E-state index in [1.165, 1.54) is 6.20 Å². The number of Topliss-reactive ketones (excluding diaryl/α,β-unsaturated/α-hetero) is 1. The summed E-state index contributed by atoms with van der Waals surface area (Å²) in [5.41, 5.74) is 1.36. The highest BCUT2D eigenvalue weighted by Crippen LogP contribution is 2.40. The standard InChI is InChI=1S/C26H30N3O5/c1-26(2,3)34-25(32)29(24(31)33-17-18-7-5-4-6-8-18)14-12-19-9-10-20(15-22(19)29)23(30)21-11-13-28(27)16-21/h4-10,12,14-15,21H,11,13,16-17,27H2,1-3H3/q+1/t21-,29?/m1/s1. The van der Waals surface area contributed by atoms with Gasteiger partial charge < -0.3 is 9.47 Å². The molecular formula is C26H30N3O5+. The summed E-state index contributed by atoms with van der Waals surface area (Å²) in [6, 6.07) is 14.3. The number of benzene rings is 2. The number of quaternary nitrogens is 1. The van der Waals surface area contributed by atoms with Gasteiger partial charge in [-0.25, -0.2) is 5.01 Å². The van der Waals surface area contributed by atoms with Gasteiger partial charge in [0.25, 0.3) is 0 Å². The molecule has 2 heterocycles. The van der Waals surface area contributed by atoms with Crippen molar-refractivity contribution in [2.45, 2.75) is 39.4 Å². The Hall–Kier alpha value is -3.33. The summed E-state index contributed by atoms with van der Waals surface area (Å²) in [6.07, 6.45) is 2.20. The normalized spacial score (nSPS) is 21.8. The highest BCUT2D eigenvalue weighted by molar-refractivity contribution is 6.10. The minimum atomic E-state index is -0.908. The molecule has 1 saturated heterocycles. The van der Waals surface area contributed by atoms with E-state index in [9.17, 15) is 14.4 Å². The number of nitrogens with zero attached hydrogens (tertiary/aromatic N) is 2. The Morgan fingerprint density at radius 1 is 1.09 bits per heavy atom. The van der Waals surface area contributed by atoms with Gasteiger partial charge in [0.05, 0.1) is 0 Å². The molecule has 2 aromatic rings. The number of hydrazine groups is 1. The first-order valence-corrected chi connectivity index (χ1v) is 11.3. The Bertz CT molecular complexity index is 1140. The van der Waals surface area contributed by atoms with Crippen molar-refractivity contribution < 1.29 is 23.9 Å². The third-order valence-electron chi connectivity index (χ3n) is 5.94. The highest BCUT2D eigenvalue weighted by Gasteiger charge is 2.55. The number of amides is 2. The molecular weight excluding hydrogens is 434 g/mol. The van der Waals surface area contributed by atoms with Gasteiger partial charge in [0.15, 0.2) is 11.5 Å². The number of imide groups is 1. The second-order valence-corrected chi connectivity index (χ2v) is 9.68. The maximum absolute atomic E-state index is 13.5. The lowest BCUT2D eigenvalue weighted by atomic mass is 9.95. The average molecular weight is 465 g/mol. The number of hydrogen-bond donors (Lipinski definition) is 1. The van der Waals surface area contributed by atoms with Crippen LogP contribution in [0.4, 0.5) is 15.3 Å². The van der Waals surface area contributed by atoms with E-state index < -0.39 is 22.3 Å². The maximum atomic E-state index is 13.5. The quantitative estimate of drug-likeness (QED) is 0.400. The third-order valence-corrected chi connectivity index (χ3v) is 5.94. The van der Waals surface area contributed by atoms with Gasteiger partial charge in [0.1, 0.15) is 18.4 Å². The zero-order chi connectivity index (χ0) is 24.5. The van der Waals surface area contributed by atoms with Crippen LogP contribution in [0.5, 0.6) is 0 Å². The lowest BCUT2D eigenvalue weighted by molar-refractivity contribution is 0.0309. The number of carbonyl (C=O) groups excluding carboxylic acids is 3. The first-order chi connectivity index (χ1) is 16.1. The van der Waals surface area contributed by atoms with Crippen LogP contribution in [0, 0.1) is 5.92 Å². The number of rotatable bonds is 4. The van der Waals surface area contributed by atoms with E-state index in [1.807, 2.05) is 30.3 Å². The van der Waals surface area contributed by atoms with Crippen LogP contribution in [-0.2, 0) is 16.1 Å². The molecule has 1 fully saturated rings. The number of fused-ring (bicyclic) bond motifs is 1. The monoisotopic (exact) mass is 464 g/mol. The summed E-state index contributed by atoms with van der Waals surface area (Å²) in [7, 11) is 0. The van der Waals surface area contributed by atoms with Gasteiger partial charge in [0.2, 0.25) is 0 Å². The molecule has 34 heavy (non-hydrogen) atoms. The lowest BCUT2D eigenvalue weighted by Gasteiger charge is -2.28. The molecule has 8 heteroatoms. The van der Waals surface area contributed by atoms with Crippen molar-refractivity contribution >= 4 is 29.7 Å². The van der Waals surface area contributed by atoms with Gasteiger partial charge in [-0.3, -0.25) is 10.6 Å². The zero-order valence-corrected chi connectivity index (χ0v) is 19.7. The molecule has 0 radical (unpaired) electrons. The van der Waals surface area contributed by atoms with Gasteiger partial charge in [-0.05, 0) is 38.8 Å². The van der Waals surface area contributed by atoms with E-state index in [4.69, 9.17) is 15.3 Å². The van der Waals surface area contributed by atoms with E-state index in [0.29, 0.717) is 36.3 Å². The molecule has 1 unspecified atom stereocenters. The Morgan fingerprint density at radius 2 is 1.82 bits per heavy atom. The van der Waals surface area contributed by atoms with Gasteiger partial charge in [0, 0.05) is 42.3 Å². The Morgan fingerprint density at radius 3 is 2.47 bits per heavy atom. The van der Waals surface area contributed by atoms with E-state index in [-0.39, 0.29) is 18.3 Å². The molecule has 2 aliphatic heterocycles. The summed E-state index contributed by atoms with van der Waals surface area (Å²) < 4.78 is 10.3. The fourth-order valence-corrected chi connectivity index (χ4v) is 4.20. The predicted octanol–water partition coefficient (Wildman–Crippen LogP) is 4.63.